The average Bonchev–Trinajstić information content (AvgIpc) is 2.38. The SMILES string of the molecule is O=C(C1CCC1)N1CCCC(c2ccc(Br)cc2)C1. The first-order valence-corrected chi connectivity index (χ1v) is 8.07. The van der Waals surface area contributed by atoms with Crippen molar-refractivity contribution in [3.63, 3.8) is 0 Å². The summed E-state index contributed by atoms with van der Waals surface area (Å²) >= 11 is 3.48. The van der Waals surface area contributed by atoms with Gasteiger partial charge in [0.15, 0.2) is 0 Å². The molecule has 3 rings (SSSR count). The van der Waals surface area contributed by atoms with Crippen molar-refractivity contribution in [2.75, 3.05) is 13.1 Å². The van der Waals surface area contributed by atoms with Crippen LogP contribution in [0.4, 0.5) is 0 Å². The third-order valence-corrected chi connectivity index (χ3v) is 5.06. The molecule has 1 aromatic carbocycles. The molecule has 1 aliphatic heterocycles. The van der Waals surface area contributed by atoms with E-state index in [4.69, 9.17) is 0 Å². The fraction of sp³-hybridized carbons (Fsp3) is 0.562. The molecule has 1 aliphatic carbocycles. The Labute approximate surface area is 123 Å². The number of rotatable bonds is 2. The molecule has 0 N–H and O–H groups in total. The van der Waals surface area contributed by atoms with E-state index in [1.807, 2.05) is 0 Å². The minimum Gasteiger partial charge on any atom is -0.342 e. The summed E-state index contributed by atoms with van der Waals surface area (Å²) in [6, 6.07) is 8.57. The standard InChI is InChI=1S/C16H20BrNO/c17-15-8-6-12(7-9-15)14-5-2-10-18(11-14)16(19)13-3-1-4-13/h6-9,13-14H,1-5,10-11H2. The zero-order valence-corrected chi connectivity index (χ0v) is 12.7. The Morgan fingerprint density at radius 1 is 1.11 bits per heavy atom. The van der Waals surface area contributed by atoms with Crippen LogP contribution in [0, 0.1) is 5.92 Å². The van der Waals surface area contributed by atoms with Crippen molar-refractivity contribution in [2.45, 2.75) is 38.0 Å². The van der Waals surface area contributed by atoms with E-state index in [9.17, 15) is 4.79 Å². The van der Waals surface area contributed by atoms with Gasteiger partial charge in [0.1, 0.15) is 0 Å². The minimum atomic E-state index is 0.337. The number of carbonyl (C=O) groups excluding carboxylic acids is 1. The topological polar surface area (TPSA) is 20.3 Å². The molecule has 1 saturated heterocycles. The van der Waals surface area contributed by atoms with E-state index in [0.29, 0.717) is 17.7 Å². The molecule has 0 bridgehead atoms. The molecule has 2 aliphatic rings. The monoisotopic (exact) mass is 321 g/mol. The van der Waals surface area contributed by atoms with E-state index < -0.39 is 0 Å². The molecule has 1 atom stereocenters. The highest BCUT2D eigenvalue weighted by Crippen LogP contribution is 2.32. The maximum absolute atomic E-state index is 12.3. The van der Waals surface area contributed by atoms with Gasteiger partial charge in [-0.2, -0.15) is 0 Å². The smallest absolute Gasteiger partial charge is 0.225 e. The molecule has 1 unspecified atom stereocenters. The summed E-state index contributed by atoms with van der Waals surface area (Å²) in [5.74, 6) is 1.27. The summed E-state index contributed by atoms with van der Waals surface area (Å²) in [6.45, 7) is 1.87. The van der Waals surface area contributed by atoms with Gasteiger partial charge < -0.3 is 4.90 Å². The number of piperidine rings is 1. The minimum absolute atomic E-state index is 0.337. The first-order valence-electron chi connectivity index (χ1n) is 7.28. The van der Waals surface area contributed by atoms with Gasteiger partial charge in [-0.05, 0) is 43.4 Å². The number of hydrogen-bond acceptors (Lipinski definition) is 1. The first-order chi connectivity index (χ1) is 9.24. The van der Waals surface area contributed by atoms with Crippen molar-refractivity contribution in [1.82, 2.24) is 4.90 Å². The molecule has 1 heterocycles. The molecular formula is C16H20BrNO. The van der Waals surface area contributed by atoms with Gasteiger partial charge in [-0.25, -0.2) is 0 Å². The quantitative estimate of drug-likeness (QED) is 0.807. The zero-order chi connectivity index (χ0) is 13.2. The Balaban J connectivity index is 1.67. The number of likely N-dealkylation sites (tertiary alicyclic amines) is 1. The lowest BCUT2D eigenvalue weighted by Crippen LogP contribution is -2.44. The van der Waals surface area contributed by atoms with Gasteiger partial charge in [-0.15, -0.1) is 0 Å². The van der Waals surface area contributed by atoms with Crippen LogP contribution in [0.25, 0.3) is 0 Å². The van der Waals surface area contributed by atoms with Crippen molar-refractivity contribution < 1.29 is 4.79 Å². The molecule has 0 aromatic heterocycles. The van der Waals surface area contributed by atoms with E-state index >= 15 is 0 Å². The fourth-order valence-corrected chi connectivity index (χ4v) is 3.36. The Kier molecular flexibility index (Phi) is 3.92. The maximum Gasteiger partial charge on any atom is 0.225 e. The second-order valence-corrected chi connectivity index (χ2v) is 6.72. The van der Waals surface area contributed by atoms with Crippen molar-refractivity contribution in [3.8, 4) is 0 Å². The predicted molar refractivity (Wildman–Crippen MR) is 80.0 cm³/mol. The second kappa shape index (κ2) is 5.66. The zero-order valence-electron chi connectivity index (χ0n) is 11.1. The molecule has 0 spiro atoms. The number of hydrogen-bond donors (Lipinski definition) is 0. The highest BCUT2D eigenvalue weighted by Gasteiger charge is 2.32. The molecule has 102 valence electrons. The first kappa shape index (κ1) is 13.2. The van der Waals surface area contributed by atoms with Gasteiger partial charge in [0.2, 0.25) is 5.91 Å². The van der Waals surface area contributed by atoms with E-state index in [-0.39, 0.29) is 0 Å². The van der Waals surface area contributed by atoms with Crippen LogP contribution in [-0.4, -0.2) is 23.9 Å². The van der Waals surface area contributed by atoms with Crippen LogP contribution >= 0.6 is 15.9 Å². The van der Waals surface area contributed by atoms with E-state index in [0.717, 1.165) is 36.8 Å². The molecule has 2 fully saturated rings. The predicted octanol–water partition coefficient (Wildman–Crippen LogP) is 3.96. The normalized spacial score (nSPS) is 24.1. The Morgan fingerprint density at radius 2 is 1.84 bits per heavy atom. The molecule has 0 radical (unpaired) electrons. The number of halogens is 1. The van der Waals surface area contributed by atoms with Crippen molar-refractivity contribution in [1.29, 1.82) is 0 Å². The lowest BCUT2D eigenvalue weighted by atomic mass is 9.83. The summed E-state index contributed by atoms with van der Waals surface area (Å²) in [5, 5.41) is 0. The lowest BCUT2D eigenvalue weighted by Gasteiger charge is -2.37. The van der Waals surface area contributed by atoms with Crippen LogP contribution in [-0.2, 0) is 4.79 Å². The summed E-state index contributed by atoms with van der Waals surface area (Å²) in [7, 11) is 0. The van der Waals surface area contributed by atoms with Gasteiger partial charge in [0.05, 0.1) is 0 Å². The highest BCUT2D eigenvalue weighted by atomic mass is 79.9. The molecule has 1 aromatic rings. The number of amides is 1. The Bertz CT molecular complexity index is 452. The lowest BCUT2D eigenvalue weighted by molar-refractivity contribution is -0.139. The van der Waals surface area contributed by atoms with Crippen molar-refractivity contribution >= 4 is 21.8 Å². The van der Waals surface area contributed by atoms with Crippen LogP contribution in [0.2, 0.25) is 0 Å². The number of nitrogens with zero attached hydrogens (tertiary/aromatic N) is 1. The number of carbonyl (C=O) groups is 1. The summed E-state index contributed by atoms with van der Waals surface area (Å²) in [6.07, 6.45) is 5.80. The second-order valence-electron chi connectivity index (χ2n) is 5.80. The largest absolute Gasteiger partial charge is 0.342 e. The summed E-state index contributed by atoms with van der Waals surface area (Å²) < 4.78 is 1.12. The van der Waals surface area contributed by atoms with Crippen LogP contribution in [0.1, 0.15) is 43.6 Å². The van der Waals surface area contributed by atoms with E-state index in [2.05, 4.69) is 45.1 Å². The fourth-order valence-electron chi connectivity index (χ4n) is 3.10. The van der Waals surface area contributed by atoms with Gasteiger partial charge in [-0.3, -0.25) is 4.79 Å². The molecule has 19 heavy (non-hydrogen) atoms. The van der Waals surface area contributed by atoms with Gasteiger partial charge >= 0.3 is 0 Å². The van der Waals surface area contributed by atoms with Crippen molar-refractivity contribution in [3.05, 3.63) is 34.3 Å². The van der Waals surface area contributed by atoms with E-state index in [1.165, 1.54) is 18.4 Å². The molecule has 3 heteroatoms. The van der Waals surface area contributed by atoms with E-state index in [1.54, 1.807) is 0 Å². The summed E-state index contributed by atoms with van der Waals surface area (Å²) in [4.78, 5) is 14.4. The van der Waals surface area contributed by atoms with Crippen molar-refractivity contribution in [2.24, 2.45) is 5.92 Å². The molecular weight excluding hydrogens is 302 g/mol. The maximum atomic E-state index is 12.3. The number of benzene rings is 1. The highest BCUT2D eigenvalue weighted by molar-refractivity contribution is 9.10. The Hall–Kier alpha value is -0.830. The van der Waals surface area contributed by atoms with Crippen LogP contribution in [0.5, 0.6) is 0 Å². The third kappa shape index (κ3) is 2.86. The van der Waals surface area contributed by atoms with Gasteiger partial charge in [0, 0.05) is 29.4 Å². The van der Waals surface area contributed by atoms with Gasteiger partial charge in [0.25, 0.3) is 0 Å². The third-order valence-electron chi connectivity index (χ3n) is 4.53. The molecule has 1 amide bonds. The van der Waals surface area contributed by atoms with Crippen LogP contribution in [0.15, 0.2) is 28.7 Å². The molecule has 2 nitrogen and oxygen atoms in total. The van der Waals surface area contributed by atoms with Gasteiger partial charge in [-0.1, -0.05) is 34.5 Å². The summed E-state index contributed by atoms with van der Waals surface area (Å²) in [5.41, 5.74) is 1.37. The Morgan fingerprint density at radius 3 is 2.47 bits per heavy atom. The average molecular weight is 322 g/mol. The van der Waals surface area contributed by atoms with Crippen LogP contribution < -0.4 is 0 Å². The van der Waals surface area contributed by atoms with Crippen LogP contribution in [0.3, 0.4) is 0 Å². The molecule has 1 saturated carbocycles.